The van der Waals surface area contributed by atoms with Gasteiger partial charge in [0.25, 0.3) is 0 Å². The van der Waals surface area contributed by atoms with E-state index in [2.05, 4.69) is 31.3 Å². The number of carbonyl (C=O) groups is 2. The molecule has 0 aliphatic carbocycles. The molecule has 6 heteroatoms. The zero-order valence-electron chi connectivity index (χ0n) is 48.7. The standard InChI is InChI=1S/C66H127NO5/c1-3-5-7-9-11-13-15-17-18-19-20-21-22-25-28-31-35-38-42-46-50-54-58-64(69)63(62-68)67-65(70)59-55-51-47-43-39-36-32-29-26-23-24-27-30-33-37-41-45-49-53-57-61-72-66(71)60-56-52-48-44-40-34-16-14-12-10-8-6-4-2/h14,16,54,58,63-64,68-69H,3-13,15,17-53,55-57,59-62H2,1-2H3,(H,67,70)/b16-14-,58-54+. The Bertz CT molecular complexity index is 1120. The van der Waals surface area contributed by atoms with Crippen LogP contribution in [0.4, 0.5) is 0 Å². The van der Waals surface area contributed by atoms with E-state index in [0.717, 1.165) is 44.9 Å². The number of aliphatic hydroxyl groups excluding tert-OH is 2. The van der Waals surface area contributed by atoms with Crippen LogP contribution >= 0.6 is 0 Å². The summed E-state index contributed by atoms with van der Waals surface area (Å²) in [4.78, 5) is 24.5. The largest absolute Gasteiger partial charge is 0.466 e. The van der Waals surface area contributed by atoms with Crippen molar-refractivity contribution in [2.45, 2.75) is 373 Å². The number of allylic oxidation sites excluding steroid dienone is 3. The van der Waals surface area contributed by atoms with Gasteiger partial charge in [0.1, 0.15) is 0 Å². The highest BCUT2D eigenvalue weighted by atomic mass is 16.5. The van der Waals surface area contributed by atoms with Crippen LogP contribution in [0.25, 0.3) is 0 Å². The molecule has 6 nitrogen and oxygen atoms in total. The number of carbonyl (C=O) groups excluding carboxylic acids is 2. The van der Waals surface area contributed by atoms with Gasteiger partial charge in [-0.3, -0.25) is 9.59 Å². The monoisotopic (exact) mass is 1010 g/mol. The highest BCUT2D eigenvalue weighted by molar-refractivity contribution is 5.76. The summed E-state index contributed by atoms with van der Waals surface area (Å²) >= 11 is 0. The second-order valence-corrected chi connectivity index (χ2v) is 22.5. The second kappa shape index (κ2) is 61.9. The van der Waals surface area contributed by atoms with Crippen molar-refractivity contribution < 1.29 is 24.5 Å². The zero-order valence-corrected chi connectivity index (χ0v) is 48.7. The van der Waals surface area contributed by atoms with Gasteiger partial charge in [-0.15, -0.1) is 0 Å². The second-order valence-electron chi connectivity index (χ2n) is 22.5. The van der Waals surface area contributed by atoms with E-state index in [9.17, 15) is 19.8 Å². The van der Waals surface area contributed by atoms with Crippen molar-refractivity contribution in [2.24, 2.45) is 0 Å². The Balaban J connectivity index is 3.43. The minimum absolute atomic E-state index is 0.00129. The molecule has 0 rings (SSSR count). The zero-order chi connectivity index (χ0) is 52.2. The van der Waals surface area contributed by atoms with E-state index in [0.29, 0.717) is 19.4 Å². The van der Waals surface area contributed by atoms with Gasteiger partial charge in [-0.2, -0.15) is 0 Å². The van der Waals surface area contributed by atoms with Crippen LogP contribution in [0, 0.1) is 0 Å². The van der Waals surface area contributed by atoms with Gasteiger partial charge >= 0.3 is 5.97 Å². The van der Waals surface area contributed by atoms with E-state index in [4.69, 9.17) is 4.74 Å². The molecule has 0 aromatic rings. The minimum Gasteiger partial charge on any atom is -0.466 e. The fraction of sp³-hybridized carbons (Fsp3) is 0.909. The van der Waals surface area contributed by atoms with Crippen molar-refractivity contribution in [1.29, 1.82) is 0 Å². The molecule has 0 aromatic carbocycles. The smallest absolute Gasteiger partial charge is 0.305 e. The average molecular weight is 1010 g/mol. The van der Waals surface area contributed by atoms with Crippen LogP contribution in [0.5, 0.6) is 0 Å². The lowest BCUT2D eigenvalue weighted by Gasteiger charge is -2.20. The summed E-state index contributed by atoms with van der Waals surface area (Å²) < 4.78 is 5.47. The average Bonchev–Trinajstić information content (AvgIpc) is 3.38. The third-order valence-electron chi connectivity index (χ3n) is 15.2. The molecule has 0 aliphatic heterocycles. The summed E-state index contributed by atoms with van der Waals surface area (Å²) in [5, 5.41) is 23.2. The molecule has 0 heterocycles. The Hall–Kier alpha value is -1.66. The molecule has 0 saturated heterocycles. The topological polar surface area (TPSA) is 95.9 Å². The van der Waals surface area contributed by atoms with Crippen LogP contribution in [0.3, 0.4) is 0 Å². The predicted molar refractivity (Wildman–Crippen MR) is 315 cm³/mol. The lowest BCUT2D eigenvalue weighted by atomic mass is 10.0. The molecule has 3 N–H and O–H groups in total. The van der Waals surface area contributed by atoms with Crippen LogP contribution in [0.2, 0.25) is 0 Å². The predicted octanol–water partition coefficient (Wildman–Crippen LogP) is 20.6. The van der Waals surface area contributed by atoms with Crippen molar-refractivity contribution in [3.63, 3.8) is 0 Å². The minimum atomic E-state index is -0.847. The Morgan fingerprint density at radius 1 is 0.375 bits per heavy atom. The van der Waals surface area contributed by atoms with Crippen molar-refractivity contribution in [1.82, 2.24) is 5.32 Å². The Morgan fingerprint density at radius 3 is 1.00 bits per heavy atom. The number of rotatable bonds is 61. The normalized spacial score (nSPS) is 12.7. The summed E-state index contributed by atoms with van der Waals surface area (Å²) in [6.07, 6.45) is 76.5. The van der Waals surface area contributed by atoms with E-state index in [1.807, 2.05) is 6.08 Å². The molecule has 0 saturated carbocycles. The summed E-state index contributed by atoms with van der Waals surface area (Å²) in [5.41, 5.74) is 0. The van der Waals surface area contributed by atoms with Gasteiger partial charge in [-0.25, -0.2) is 0 Å². The first-order valence-electron chi connectivity index (χ1n) is 32.6. The number of unbranched alkanes of at least 4 members (excludes halogenated alkanes) is 48. The maximum atomic E-state index is 12.5. The molecule has 0 bridgehead atoms. The van der Waals surface area contributed by atoms with Crippen molar-refractivity contribution in [3.8, 4) is 0 Å². The number of ether oxygens (including phenoxy) is 1. The van der Waals surface area contributed by atoms with Gasteiger partial charge in [0.15, 0.2) is 0 Å². The number of hydrogen-bond donors (Lipinski definition) is 3. The number of aliphatic hydroxyl groups is 2. The molecule has 426 valence electrons. The molecular formula is C66H127NO5. The molecule has 72 heavy (non-hydrogen) atoms. The van der Waals surface area contributed by atoms with E-state index in [1.54, 1.807) is 6.08 Å². The van der Waals surface area contributed by atoms with Gasteiger partial charge in [-0.1, -0.05) is 314 Å². The molecule has 0 spiro atoms. The molecule has 1 amide bonds. The molecule has 0 aliphatic rings. The van der Waals surface area contributed by atoms with Crippen LogP contribution in [-0.2, 0) is 14.3 Å². The Morgan fingerprint density at radius 2 is 0.653 bits per heavy atom. The maximum Gasteiger partial charge on any atom is 0.305 e. The van der Waals surface area contributed by atoms with Gasteiger partial charge in [0.2, 0.25) is 5.91 Å². The fourth-order valence-corrected chi connectivity index (χ4v) is 10.2. The lowest BCUT2D eigenvalue weighted by molar-refractivity contribution is -0.143. The van der Waals surface area contributed by atoms with Crippen LogP contribution in [-0.4, -0.2) is 47.4 Å². The first-order valence-corrected chi connectivity index (χ1v) is 32.6. The maximum absolute atomic E-state index is 12.5. The summed E-state index contributed by atoms with van der Waals surface area (Å²) in [5.74, 6) is -0.0650. The molecule has 0 aromatic heterocycles. The Labute approximate surface area is 450 Å². The molecule has 0 fully saturated rings. The van der Waals surface area contributed by atoms with Crippen LogP contribution in [0.1, 0.15) is 361 Å². The van der Waals surface area contributed by atoms with Crippen molar-refractivity contribution >= 4 is 11.9 Å². The SMILES string of the molecule is CCCCCC/C=C\CCCCCCCC(=O)OCCCCCCCCCCCCCCCCCCCCCCC(=O)NC(CO)C(O)/C=C/CCCCCCCCCCCCCCCCCCCCCC. The molecule has 0 radical (unpaired) electrons. The number of amides is 1. The number of esters is 1. The Kier molecular flexibility index (Phi) is 60.5. The summed E-state index contributed by atoms with van der Waals surface area (Å²) in [7, 11) is 0. The van der Waals surface area contributed by atoms with Crippen LogP contribution in [0.15, 0.2) is 24.3 Å². The van der Waals surface area contributed by atoms with Gasteiger partial charge in [0, 0.05) is 12.8 Å². The van der Waals surface area contributed by atoms with Crippen molar-refractivity contribution in [2.75, 3.05) is 13.2 Å². The fourth-order valence-electron chi connectivity index (χ4n) is 10.2. The number of nitrogens with one attached hydrogen (secondary N) is 1. The van der Waals surface area contributed by atoms with E-state index >= 15 is 0 Å². The first-order chi connectivity index (χ1) is 35.5. The highest BCUT2D eigenvalue weighted by Gasteiger charge is 2.18. The molecular weight excluding hydrogens is 887 g/mol. The highest BCUT2D eigenvalue weighted by Crippen LogP contribution is 2.18. The van der Waals surface area contributed by atoms with Gasteiger partial charge < -0.3 is 20.3 Å². The molecule has 2 unspecified atom stereocenters. The van der Waals surface area contributed by atoms with E-state index in [-0.39, 0.29) is 18.5 Å². The summed E-state index contributed by atoms with van der Waals surface area (Å²) in [6.45, 7) is 4.91. The van der Waals surface area contributed by atoms with Gasteiger partial charge in [-0.05, 0) is 57.8 Å². The third kappa shape index (κ3) is 57.6. The number of hydrogen-bond acceptors (Lipinski definition) is 5. The first kappa shape index (κ1) is 70.3. The van der Waals surface area contributed by atoms with E-state index in [1.165, 1.54) is 289 Å². The van der Waals surface area contributed by atoms with Crippen LogP contribution < -0.4 is 5.32 Å². The van der Waals surface area contributed by atoms with E-state index < -0.39 is 12.1 Å². The quantitative estimate of drug-likeness (QED) is 0.0320. The summed E-state index contributed by atoms with van der Waals surface area (Å²) in [6, 6.07) is -0.630. The van der Waals surface area contributed by atoms with Gasteiger partial charge in [0.05, 0.1) is 25.4 Å². The molecule has 2 atom stereocenters. The lowest BCUT2D eigenvalue weighted by Crippen LogP contribution is -2.45. The third-order valence-corrected chi connectivity index (χ3v) is 15.2. The van der Waals surface area contributed by atoms with Crippen molar-refractivity contribution in [3.05, 3.63) is 24.3 Å².